The van der Waals surface area contributed by atoms with E-state index in [1.165, 1.54) is 12.4 Å². The van der Waals surface area contributed by atoms with Crippen molar-refractivity contribution < 1.29 is 5.11 Å². The van der Waals surface area contributed by atoms with Crippen LogP contribution in [0.5, 0.6) is 5.75 Å². The summed E-state index contributed by atoms with van der Waals surface area (Å²) in [6.45, 7) is 1.84. The van der Waals surface area contributed by atoms with Crippen molar-refractivity contribution in [2.45, 2.75) is 6.92 Å². The third-order valence-corrected chi connectivity index (χ3v) is 2.05. The molecule has 0 aliphatic heterocycles. The molecule has 9 nitrogen and oxygen atoms in total. The summed E-state index contributed by atoms with van der Waals surface area (Å²) in [6, 6.07) is 3.41. The van der Waals surface area contributed by atoms with Gasteiger partial charge in [0.05, 0.1) is 12.4 Å². The number of hydrogen-bond donors (Lipinski definition) is 5. The topological polar surface area (TPSA) is 174 Å². The molecule has 0 saturated carbocycles. The lowest BCUT2D eigenvalue weighted by Crippen LogP contribution is -2.21. The van der Waals surface area contributed by atoms with Gasteiger partial charge in [0.1, 0.15) is 5.75 Å². The smallest absolute Gasteiger partial charge is 0.211 e. The van der Waals surface area contributed by atoms with Crippen molar-refractivity contribution in [2.75, 3.05) is 0 Å². The second-order valence-corrected chi connectivity index (χ2v) is 3.83. The minimum absolute atomic E-state index is 0.0420. The lowest BCUT2D eigenvalue weighted by molar-refractivity contribution is 0.473. The number of hydrogen-bond acceptors (Lipinski definition) is 5. The Labute approximate surface area is 115 Å². The molecule has 0 unspecified atom stereocenters. The fourth-order valence-corrected chi connectivity index (χ4v) is 1.35. The first kappa shape index (κ1) is 15.0. The fourth-order valence-electron chi connectivity index (χ4n) is 1.35. The second kappa shape index (κ2) is 6.73. The van der Waals surface area contributed by atoms with Gasteiger partial charge in [0.2, 0.25) is 11.9 Å². The van der Waals surface area contributed by atoms with Crippen molar-refractivity contribution in [2.24, 2.45) is 43.3 Å². The van der Waals surface area contributed by atoms with Crippen molar-refractivity contribution in [1.82, 2.24) is 0 Å². The first-order valence-corrected chi connectivity index (χ1v) is 5.47. The maximum atomic E-state index is 10.0. The molecular weight excluding hydrogens is 260 g/mol. The van der Waals surface area contributed by atoms with E-state index in [-0.39, 0.29) is 17.7 Å². The fraction of sp³-hybridized carbons (Fsp3) is 0.0909. The number of phenolic OH excluding ortho intramolecular Hbond substituents is 1. The molecule has 1 aromatic carbocycles. The van der Waals surface area contributed by atoms with Crippen LogP contribution >= 0.6 is 0 Å². The van der Waals surface area contributed by atoms with Gasteiger partial charge in [0, 0.05) is 11.1 Å². The number of benzene rings is 1. The SMILES string of the molecule is Cc1cc(/C=N/N=C(N)N)c(O)c(/C=N/N=C(N)N)c1. The molecule has 0 fully saturated rings. The Hall–Kier alpha value is -3.10. The van der Waals surface area contributed by atoms with Crippen molar-refractivity contribution in [1.29, 1.82) is 0 Å². The van der Waals surface area contributed by atoms with Crippen LogP contribution in [-0.2, 0) is 0 Å². The second-order valence-electron chi connectivity index (χ2n) is 3.83. The maximum Gasteiger partial charge on any atom is 0.211 e. The standard InChI is InChI=1S/C11H16N8O/c1-6-2-7(4-16-18-10(12)13)9(20)8(3-6)5-17-19-11(14)15/h2-5,20H,1H3,(H4,12,13,18)(H4,14,15,19)/b16-4+,17-5+. The Morgan fingerprint density at radius 3 is 1.70 bits per heavy atom. The van der Waals surface area contributed by atoms with E-state index in [0.717, 1.165) is 5.56 Å². The molecule has 106 valence electrons. The first-order chi connectivity index (χ1) is 9.40. The predicted octanol–water partition coefficient (Wildman–Crippen LogP) is -1.08. The number of phenols is 1. The highest BCUT2D eigenvalue weighted by Gasteiger charge is 2.05. The van der Waals surface area contributed by atoms with Crippen molar-refractivity contribution in [3.63, 3.8) is 0 Å². The van der Waals surface area contributed by atoms with E-state index in [0.29, 0.717) is 11.1 Å². The first-order valence-electron chi connectivity index (χ1n) is 5.47. The highest BCUT2D eigenvalue weighted by atomic mass is 16.3. The van der Waals surface area contributed by atoms with Crippen LogP contribution in [0.3, 0.4) is 0 Å². The molecular formula is C11H16N8O. The summed E-state index contributed by atoms with van der Waals surface area (Å²) >= 11 is 0. The molecule has 0 bridgehead atoms. The Morgan fingerprint density at radius 2 is 1.35 bits per heavy atom. The third-order valence-electron chi connectivity index (χ3n) is 2.05. The molecule has 1 rings (SSSR count). The van der Waals surface area contributed by atoms with Gasteiger partial charge >= 0.3 is 0 Å². The average molecular weight is 276 g/mol. The van der Waals surface area contributed by atoms with Gasteiger partial charge in [-0.1, -0.05) is 0 Å². The quantitative estimate of drug-likeness (QED) is 0.266. The van der Waals surface area contributed by atoms with Crippen molar-refractivity contribution in [3.8, 4) is 5.75 Å². The van der Waals surface area contributed by atoms with E-state index in [4.69, 9.17) is 22.9 Å². The molecule has 0 atom stereocenters. The molecule has 0 aliphatic rings. The van der Waals surface area contributed by atoms with Gasteiger partial charge in [-0.05, 0) is 24.6 Å². The van der Waals surface area contributed by atoms with Gasteiger partial charge in [-0.25, -0.2) is 0 Å². The molecule has 1 aromatic rings. The lowest BCUT2D eigenvalue weighted by Gasteiger charge is -2.04. The lowest BCUT2D eigenvalue weighted by atomic mass is 10.1. The zero-order valence-corrected chi connectivity index (χ0v) is 10.9. The maximum absolute atomic E-state index is 10.0. The molecule has 20 heavy (non-hydrogen) atoms. The predicted molar refractivity (Wildman–Crippen MR) is 79.7 cm³/mol. The molecule has 0 aromatic heterocycles. The molecule has 0 spiro atoms. The van der Waals surface area contributed by atoms with E-state index < -0.39 is 0 Å². The summed E-state index contributed by atoms with van der Waals surface area (Å²) in [5, 5.41) is 24.2. The highest BCUT2D eigenvalue weighted by Crippen LogP contribution is 2.21. The Balaban J connectivity index is 3.13. The van der Waals surface area contributed by atoms with Crippen molar-refractivity contribution >= 4 is 24.3 Å². The molecule has 0 heterocycles. The van der Waals surface area contributed by atoms with Gasteiger partial charge in [-0.15, -0.1) is 10.2 Å². The summed E-state index contributed by atoms with van der Waals surface area (Å²) in [4.78, 5) is 0. The minimum Gasteiger partial charge on any atom is -0.507 e. The van der Waals surface area contributed by atoms with Crippen LogP contribution in [0, 0.1) is 6.92 Å². The van der Waals surface area contributed by atoms with Crippen LogP contribution in [0.4, 0.5) is 0 Å². The number of nitrogens with zero attached hydrogens (tertiary/aromatic N) is 4. The van der Waals surface area contributed by atoms with E-state index in [1.807, 2.05) is 6.92 Å². The number of aromatic hydroxyl groups is 1. The summed E-state index contributed by atoms with van der Waals surface area (Å²) in [5.41, 5.74) is 22.3. The minimum atomic E-state index is -0.178. The monoisotopic (exact) mass is 276 g/mol. The van der Waals surface area contributed by atoms with Crippen LogP contribution in [0.1, 0.15) is 16.7 Å². The summed E-state index contributed by atoms with van der Waals surface area (Å²) < 4.78 is 0. The van der Waals surface area contributed by atoms with E-state index in [9.17, 15) is 5.11 Å². The largest absolute Gasteiger partial charge is 0.507 e. The van der Waals surface area contributed by atoms with E-state index >= 15 is 0 Å². The zero-order valence-electron chi connectivity index (χ0n) is 10.9. The van der Waals surface area contributed by atoms with Crippen LogP contribution in [0.25, 0.3) is 0 Å². The molecule has 9 heteroatoms. The normalized spacial score (nSPS) is 10.8. The summed E-state index contributed by atoms with van der Waals surface area (Å²) in [7, 11) is 0. The van der Waals surface area contributed by atoms with Gasteiger partial charge in [-0.2, -0.15) is 10.2 Å². The molecule has 0 radical (unpaired) electrons. The molecule has 9 N–H and O–H groups in total. The molecule has 0 amide bonds. The van der Waals surface area contributed by atoms with E-state index in [1.54, 1.807) is 12.1 Å². The Bertz CT molecular complexity index is 545. The molecule has 0 saturated heterocycles. The summed E-state index contributed by atoms with van der Waals surface area (Å²) in [6.07, 6.45) is 2.64. The number of guanidine groups is 2. The van der Waals surface area contributed by atoms with Gasteiger partial charge in [-0.3, -0.25) is 0 Å². The van der Waals surface area contributed by atoms with Crippen molar-refractivity contribution in [3.05, 3.63) is 28.8 Å². The Kier molecular flexibility index (Phi) is 5.03. The summed E-state index contributed by atoms with van der Waals surface area (Å²) in [5.74, 6) is -0.398. The van der Waals surface area contributed by atoms with Crippen LogP contribution < -0.4 is 22.9 Å². The van der Waals surface area contributed by atoms with E-state index in [2.05, 4.69) is 20.4 Å². The zero-order chi connectivity index (χ0) is 15.1. The van der Waals surface area contributed by atoms with Gasteiger partial charge in [0.25, 0.3) is 0 Å². The number of rotatable bonds is 4. The highest BCUT2D eigenvalue weighted by molar-refractivity contribution is 5.92. The molecule has 0 aliphatic carbocycles. The van der Waals surface area contributed by atoms with Gasteiger partial charge in [0.15, 0.2) is 0 Å². The van der Waals surface area contributed by atoms with Gasteiger partial charge < -0.3 is 28.0 Å². The van der Waals surface area contributed by atoms with Crippen LogP contribution in [0.15, 0.2) is 32.5 Å². The Morgan fingerprint density at radius 1 is 0.950 bits per heavy atom. The third kappa shape index (κ3) is 4.64. The van der Waals surface area contributed by atoms with Crippen LogP contribution in [0.2, 0.25) is 0 Å². The average Bonchev–Trinajstić information content (AvgIpc) is 2.33. The number of aryl methyl sites for hydroxylation is 1. The number of nitrogens with two attached hydrogens (primary N) is 4. The van der Waals surface area contributed by atoms with Crippen LogP contribution in [-0.4, -0.2) is 29.5 Å².